The first-order valence-corrected chi connectivity index (χ1v) is 13.1. The van der Waals surface area contributed by atoms with E-state index in [1.807, 2.05) is 55.5 Å². The number of nitrogens with zero attached hydrogens (tertiary/aromatic N) is 2. The van der Waals surface area contributed by atoms with E-state index in [1.165, 1.54) is 0 Å². The Hall–Kier alpha value is -4.46. The van der Waals surface area contributed by atoms with Gasteiger partial charge < -0.3 is 20.1 Å². The van der Waals surface area contributed by atoms with Gasteiger partial charge in [-0.05, 0) is 54.7 Å². The van der Waals surface area contributed by atoms with Gasteiger partial charge in [-0.25, -0.2) is 0 Å². The zero-order chi connectivity index (χ0) is 27.6. The van der Waals surface area contributed by atoms with Crippen molar-refractivity contribution in [1.29, 1.82) is 0 Å². The number of fused-ring (bicyclic) bond motifs is 1. The molecule has 39 heavy (non-hydrogen) atoms. The van der Waals surface area contributed by atoms with Crippen LogP contribution < -0.4 is 10.1 Å². The number of aliphatic carboxylic acids is 1. The minimum atomic E-state index is -0.866. The summed E-state index contributed by atoms with van der Waals surface area (Å²) in [6.45, 7) is 3.12. The standard InChI is InChI=1S/C31H33N3O5/c1-2-24(33-29(35)20-22-8-4-3-5-9-22)16-19-39-28-13-11-23(12-14-30(36)37)26-21-34(18-15-25(26)28)31(38)27-10-6-7-17-32-27/h2-11,13,17H,12,14-16,18-21H2,1H3,(H,33,35)(H,36,37)/b24-2+. The summed E-state index contributed by atoms with van der Waals surface area (Å²) < 4.78 is 6.17. The molecule has 2 heterocycles. The van der Waals surface area contributed by atoms with E-state index >= 15 is 0 Å². The van der Waals surface area contributed by atoms with Gasteiger partial charge >= 0.3 is 5.97 Å². The molecule has 0 aliphatic carbocycles. The van der Waals surface area contributed by atoms with E-state index in [-0.39, 0.29) is 18.2 Å². The number of amides is 2. The van der Waals surface area contributed by atoms with Crippen LogP contribution >= 0.6 is 0 Å². The first-order valence-electron chi connectivity index (χ1n) is 13.1. The Balaban J connectivity index is 1.43. The number of ether oxygens (including phenoxy) is 1. The van der Waals surface area contributed by atoms with Crippen LogP contribution in [0.2, 0.25) is 0 Å². The molecule has 0 saturated heterocycles. The van der Waals surface area contributed by atoms with E-state index in [9.17, 15) is 19.5 Å². The van der Waals surface area contributed by atoms with Crippen molar-refractivity contribution < 1.29 is 24.2 Å². The van der Waals surface area contributed by atoms with Crippen molar-refractivity contribution in [3.05, 3.63) is 107 Å². The van der Waals surface area contributed by atoms with E-state index in [1.54, 1.807) is 29.3 Å². The Morgan fingerprint density at radius 1 is 1.03 bits per heavy atom. The lowest BCUT2D eigenvalue weighted by molar-refractivity contribution is -0.137. The number of carboxylic acids is 1. The molecule has 8 nitrogen and oxygen atoms in total. The number of aromatic nitrogens is 1. The maximum absolute atomic E-state index is 13.1. The van der Waals surface area contributed by atoms with Crippen molar-refractivity contribution in [2.75, 3.05) is 13.2 Å². The zero-order valence-corrected chi connectivity index (χ0v) is 22.1. The van der Waals surface area contributed by atoms with Gasteiger partial charge in [0.2, 0.25) is 5.91 Å². The number of carboxylic acid groups (broad SMARTS) is 1. The van der Waals surface area contributed by atoms with Gasteiger partial charge in [-0.2, -0.15) is 0 Å². The van der Waals surface area contributed by atoms with Gasteiger partial charge in [-0.15, -0.1) is 0 Å². The molecule has 1 aromatic heterocycles. The van der Waals surface area contributed by atoms with E-state index in [4.69, 9.17) is 4.74 Å². The van der Waals surface area contributed by atoms with Gasteiger partial charge in [0.1, 0.15) is 11.4 Å². The van der Waals surface area contributed by atoms with Crippen LogP contribution in [-0.4, -0.2) is 45.9 Å². The zero-order valence-electron chi connectivity index (χ0n) is 22.1. The summed E-state index contributed by atoms with van der Waals surface area (Å²) >= 11 is 0. The number of pyridine rings is 1. The van der Waals surface area contributed by atoms with E-state index < -0.39 is 5.97 Å². The van der Waals surface area contributed by atoms with Gasteiger partial charge in [0.15, 0.2) is 0 Å². The molecule has 0 bridgehead atoms. The Morgan fingerprint density at radius 2 is 1.82 bits per heavy atom. The van der Waals surface area contributed by atoms with Crippen LogP contribution in [-0.2, 0) is 35.4 Å². The fourth-order valence-electron chi connectivity index (χ4n) is 4.70. The predicted molar refractivity (Wildman–Crippen MR) is 147 cm³/mol. The second-order valence-corrected chi connectivity index (χ2v) is 9.39. The molecule has 202 valence electrons. The Bertz CT molecular complexity index is 1340. The predicted octanol–water partition coefficient (Wildman–Crippen LogP) is 4.33. The largest absolute Gasteiger partial charge is 0.493 e. The number of carbonyl (C=O) groups excluding carboxylic acids is 2. The number of benzene rings is 2. The third-order valence-corrected chi connectivity index (χ3v) is 6.73. The van der Waals surface area contributed by atoms with Gasteiger partial charge in [0.25, 0.3) is 5.91 Å². The summed E-state index contributed by atoms with van der Waals surface area (Å²) in [4.78, 5) is 42.7. The molecule has 1 aliphatic heterocycles. The lowest BCUT2D eigenvalue weighted by Gasteiger charge is -2.31. The smallest absolute Gasteiger partial charge is 0.303 e. The van der Waals surface area contributed by atoms with Crippen LogP contribution in [0.4, 0.5) is 0 Å². The molecule has 2 amide bonds. The molecule has 2 N–H and O–H groups in total. The summed E-state index contributed by atoms with van der Waals surface area (Å²) in [7, 11) is 0. The number of aryl methyl sites for hydroxylation is 1. The third kappa shape index (κ3) is 7.54. The molecule has 1 aliphatic rings. The van der Waals surface area contributed by atoms with Crippen LogP contribution in [0.3, 0.4) is 0 Å². The van der Waals surface area contributed by atoms with Crippen LogP contribution in [0.15, 0.2) is 78.6 Å². The monoisotopic (exact) mass is 527 g/mol. The average molecular weight is 528 g/mol. The highest BCUT2D eigenvalue weighted by molar-refractivity contribution is 5.92. The van der Waals surface area contributed by atoms with Crippen molar-refractivity contribution in [3.63, 3.8) is 0 Å². The quantitative estimate of drug-likeness (QED) is 0.384. The van der Waals surface area contributed by atoms with Gasteiger partial charge in [0, 0.05) is 43.4 Å². The van der Waals surface area contributed by atoms with Crippen molar-refractivity contribution in [1.82, 2.24) is 15.2 Å². The molecule has 0 unspecified atom stereocenters. The molecule has 2 aromatic carbocycles. The Morgan fingerprint density at radius 3 is 2.54 bits per heavy atom. The Labute approximate surface area is 228 Å². The lowest BCUT2D eigenvalue weighted by Crippen LogP contribution is -2.37. The second kappa shape index (κ2) is 13.4. The number of hydrogen-bond acceptors (Lipinski definition) is 5. The first-order chi connectivity index (χ1) is 18.9. The van der Waals surface area contributed by atoms with Crippen molar-refractivity contribution in [2.24, 2.45) is 0 Å². The van der Waals surface area contributed by atoms with Crippen LogP contribution in [0.1, 0.15) is 52.5 Å². The molecule has 4 rings (SSSR count). The highest BCUT2D eigenvalue weighted by Gasteiger charge is 2.27. The summed E-state index contributed by atoms with van der Waals surface area (Å²) in [5, 5.41) is 12.2. The fourth-order valence-corrected chi connectivity index (χ4v) is 4.70. The minimum Gasteiger partial charge on any atom is -0.493 e. The maximum atomic E-state index is 13.1. The number of nitrogens with one attached hydrogen (secondary N) is 1. The van der Waals surface area contributed by atoms with Gasteiger partial charge in [-0.1, -0.05) is 48.5 Å². The maximum Gasteiger partial charge on any atom is 0.303 e. The molecule has 0 radical (unpaired) electrons. The SMILES string of the molecule is C/C=C(\CCOc1ccc(CCC(=O)O)c2c1CCN(C(=O)c1ccccn1)C2)NC(=O)Cc1ccccc1. The van der Waals surface area contributed by atoms with Gasteiger partial charge in [-0.3, -0.25) is 19.4 Å². The molecular weight excluding hydrogens is 494 g/mol. The molecule has 0 spiro atoms. The van der Waals surface area contributed by atoms with E-state index in [0.29, 0.717) is 51.1 Å². The summed E-state index contributed by atoms with van der Waals surface area (Å²) in [6, 6.07) is 18.6. The summed E-state index contributed by atoms with van der Waals surface area (Å²) in [5.74, 6) is -0.373. The van der Waals surface area contributed by atoms with Gasteiger partial charge in [0.05, 0.1) is 13.0 Å². The van der Waals surface area contributed by atoms with Crippen molar-refractivity contribution >= 4 is 17.8 Å². The topological polar surface area (TPSA) is 109 Å². The highest BCUT2D eigenvalue weighted by atomic mass is 16.5. The van der Waals surface area contributed by atoms with Crippen molar-refractivity contribution in [3.8, 4) is 5.75 Å². The van der Waals surface area contributed by atoms with E-state index in [2.05, 4.69) is 10.3 Å². The number of rotatable bonds is 11. The van der Waals surface area contributed by atoms with Crippen LogP contribution in [0.25, 0.3) is 0 Å². The highest BCUT2D eigenvalue weighted by Crippen LogP contribution is 2.32. The Kier molecular flexibility index (Phi) is 9.45. The first kappa shape index (κ1) is 27.6. The van der Waals surface area contributed by atoms with Crippen LogP contribution in [0.5, 0.6) is 5.75 Å². The average Bonchev–Trinajstić information content (AvgIpc) is 2.96. The number of carbonyl (C=O) groups is 3. The third-order valence-electron chi connectivity index (χ3n) is 6.73. The summed E-state index contributed by atoms with van der Waals surface area (Å²) in [5.41, 5.74) is 4.96. The molecule has 8 heteroatoms. The second-order valence-electron chi connectivity index (χ2n) is 9.39. The van der Waals surface area contributed by atoms with Crippen molar-refractivity contribution in [2.45, 2.75) is 45.6 Å². The van der Waals surface area contributed by atoms with E-state index in [0.717, 1.165) is 33.7 Å². The fraction of sp³-hybridized carbons (Fsp3) is 0.290. The number of allylic oxidation sites excluding steroid dienone is 1. The van der Waals surface area contributed by atoms with Crippen LogP contribution in [0, 0.1) is 0 Å². The molecule has 3 aromatic rings. The minimum absolute atomic E-state index is 0.00810. The normalized spacial score (nSPS) is 12.9. The number of hydrogen-bond donors (Lipinski definition) is 2. The molecular formula is C31H33N3O5. The molecule has 0 saturated carbocycles. The molecule has 0 atom stereocenters. The summed E-state index contributed by atoms with van der Waals surface area (Å²) in [6.07, 6.45) is 5.27. The molecule has 0 fully saturated rings. The lowest BCUT2D eigenvalue weighted by atomic mass is 9.91.